The number of halogens is 6. The molecule has 48 valence electrons. The molecule has 7 heteroatoms. The van der Waals surface area contributed by atoms with Gasteiger partial charge in [-0.2, -0.15) is 0 Å². The Labute approximate surface area is 121 Å². The zero-order valence-electron chi connectivity index (χ0n) is 2.68. The summed E-state index contributed by atoms with van der Waals surface area (Å²) in [5.74, 6) is 0. The fourth-order valence-electron chi connectivity index (χ4n) is 0. The van der Waals surface area contributed by atoms with Crippen LogP contribution in [0.25, 0.3) is 0 Å². The molecule has 0 rings (SSSR count). The van der Waals surface area contributed by atoms with E-state index in [2.05, 4.69) is 0 Å². The van der Waals surface area contributed by atoms with Crippen LogP contribution in [0.4, 0.5) is 0 Å². The predicted molar refractivity (Wildman–Crippen MR) is 0 cm³/mol. The van der Waals surface area contributed by atoms with Crippen LogP contribution in [0.3, 0.4) is 0 Å². The zero-order chi connectivity index (χ0) is 0. The van der Waals surface area contributed by atoms with Gasteiger partial charge in [0.05, 0.1) is 0 Å². The molecule has 0 bridgehead atoms. The molecule has 7 heavy (non-hydrogen) atoms. The molecule has 0 radical (unpaired) electrons. The number of hydrogen-bond acceptors (Lipinski definition) is 0. The second-order valence-corrected chi connectivity index (χ2v) is 0. The summed E-state index contributed by atoms with van der Waals surface area (Å²) in [5, 5.41) is 0. The molecule has 0 aliphatic carbocycles. The quantitative estimate of drug-likeness (QED) is 0.252. The third-order valence-electron chi connectivity index (χ3n) is 0. The van der Waals surface area contributed by atoms with Crippen molar-refractivity contribution >= 4 is 0 Å². The molecule has 0 atom stereocenters. The largest absolute Gasteiger partial charge is 6.00 e. The van der Waals surface area contributed by atoms with E-state index in [9.17, 15) is 0 Å². The first-order valence-corrected chi connectivity index (χ1v) is 0. The smallest absolute Gasteiger partial charge is 1.00 e. The maximum Gasteiger partial charge on any atom is 6.00 e. The van der Waals surface area contributed by atoms with E-state index in [0.29, 0.717) is 0 Å². The Kier molecular flexibility index (Phi) is 599. The molecule has 0 saturated heterocycles. The Hall–Kier alpha value is 3.57. The third-order valence-corrected chi connectivity index (χ3v) is 0. The molecular formula is Br6Mo. The van der Waals surface area contributed by atoms with Gasteiger partial charge in [0.2, 0.25) is 0 Å². The fourth-order valence-corrected chi connectivity index (χ4v) is 0. The standard InChI is InChI=1S/6BrH.Mo/h6*1H;/q;;;;;;+6/p-6. The van der Waals surface area contributed by atoms with E-state index in [0.717, 1.165) is 0 Å². The van der Waals surface area contributed by atoms with Crippen molar-refractivity contribution in [2.24, 2.45) is 0 Å². The fraction of sp³-hybridized carbons (Fsp3) is 0. The molecule has 0 aromatic rings. The predicted octanol–water partition coefficient (Wildman–Crippen LogP) is -18.0. The van der Waals surface area contributed by atoms with E-state index >= 15 is 0 Å². The van der Waals surface area contributed by atoms with Crippen LogP contribution in [-0.2, 0) is 21.1 Å². The van der Waals surface area contributed by atoms with Gasteiger partial charge in [0.1, 0.15) is 0 Å². The average molecular weight is 575 g/mol. The average Bonchev–Trinajstić information content (AvgIpc) is 0. The van der Waals surface area contributed by atoms with Gasteiger partial charge in [-0.05, 0) is 0 Å². The van der Waals surface area contributed by atoms with Gasteiger partial charge >= 0.3 is 21.1 Å². The number of hydrogen-bond donors (Lipinski definition) is 0. The van der Waals surface area contributed by atoms with Gasteiger partial charge in [0, 0.05) is 0 Å². The first-order chi connectivity index (χ1) is 0. The van der Waals surface area contributed by atoms with Crippen molar-refractivity contribution in [2.45, 2.75) is 0 Å². The van der Waals surface area contributed by atoms with Crippen molar-refractivity contribution in [1.29, 1.82) is 0 Å². The Morgan fingerprint density at radius 2 is 0.286 bits per heavy atom. The monoisotopic (exact) mass is 571 g/mol. The van der Waals surface area contributed by atoms with Crippen LogP contribution < -0.4 is 102 Å². The topological polar surface area (TPSA) is 0 Å². The summed E-state index contributed by atoms with van der Waals surface area (Å²) in [7, 11) is 0. The maximum absolute atomic E-state index is 0. The third kappa shape index (κ3) is 43.0. The summed E-state index contributed by atoms with van der Waals surface area (Å²) in [4.78, 5) is 0. The van der Waals surface area contributed by atoms with Gasteiger partial charge < -0.3 is 102 Å². The first-order valence-electron chi connectivity index (χ1n) is 0. The minimum atomic E-state index is 0. The summed E-state index contributed by atoms with van der Waals surface area (Å²) < 4.78 is 0. The summed E-state index contributed by atoms with van der Waals surface area (Å²) in [6.45, 7) is 0. The maximum atomic E-state index is 0. The van der Waals surface area contributed by atoms with Crippen LogP contribution >= 0.6 is 0 Å². The van der Waals surface area contributed by atoms with Crippen LogP contribution in [0.15, 0.2) is 0 Å². The van der Waals surface area contributed by atoms with Crippen molar-refractivity contribution in [3.05, 3.63) is 0 Å². The molecule has 0 nitrogen and oxygen atoms in total. The molecule has 0 aliphatic rings. The molecule has 0 fully saturated rings. The molecule has 0 N–H and O–H groups in total. The second-order valence-electron chi connectivity index (χ2n) is 0. The molecule has 0 aromatic carbocycles. The molecule has 0 aromatic heterocycles. The molecule has 0 saturated carbocycles. The van der Waals surface area contributed by atoms with E-state index in [-0.39, 0.29) is 123 Å². The van der Waals surface area contributed by atoms with Gasteiger partial charge in [0.15, 0.2) is 0 Å². The first kappa shape index (κ1) is 76.0. The molecule has 0 heterocycles. The Bertz CT molecular complexity index is 4.14. The summed E-state index contributed by atoms with van der Waals surface area (Å²) >= 11 is 0. The minimum absolute atomic E-state index is 0. The van der Waals surface area contributed by atoms with Crippen LogP contribution in [0.1, 0.15) is 0 Å². The van der Waals surface area contributed by atoms with Crippen molar-refractivity contribution in [3.8, 4) is 0 Å². The van der Waals surface area contributed by atoms with E-state index < -0.39 is 0 Å². The van der Waals surface area contributed by atoms with E-state index in [1.54, 1.807) is 0 Å². The number of rotatable bonds is 0. The van der Waals surface area contributed by atoms with E-state index in [4.69, 9.17) is 0 Å². The van der Waals surface area contributed by atoms with E-state index in [1.165, 1.54) is 0 Å². The molecule has 0 amide bonds. The van der Waals surface area contributed by atoms with Gasteiger partial charge in [-0.15, -0.1) is 0 Å². The van der Waals surface area contributed by atoms with E-state index in [1.807, 2.05) is 0 Å². The molecule has 0 unspecified atom stereocenters. The van der Waals surface area contributed by atoms with Crippen molar-refractivity contribution in [3.63, 3.8) is 0 Å². The normalized spacial score (nSPS) is 0. The van der Waals surface area contributed by atoms with Gasteiger partial charge in [-0.3, -0.25) is 0 Å². The SMILES string of the molecule is [Br-].[Br-].[Br-].[Br-].[Br-].[Br-].[Mo+6]. The summed E-state index contributed by atoms with van der Waals surface area (Å²) in [6, 6.07) is 0. The Balaban J connectivity index is 0. The summed E-state index contributed by atoms with van der Waals surface area (Å²) in [5.41, 5.74) is 0. The Morgan fingerprint density at radius 1 is 0.286 bits per heavy atom. The molecule has 0 aliphatic heterocycles. The molecular weight excluding hydrogens is 575 g/mol. The van der Waals surface area contributed by atoms with Crippen molar-refractivity contribution in [2.75, 3.05) is 0 Å². The zero-order valence-corrected chi connectivity index (χ0v) is 14.2. The van der Waals surface area contributed by atoms with Gasteiger partial charge in [-0.25, -0.2) is 0 Å². The van der Waals surface area contributed by atoms with Crippen LogP contribution in [0, 0.1) is 0 Å². The van der Waals surface area contributed by atoms with Crippen molar-refractivity contribution in [1.82, 2.24) is 0 Å². The second kappa shape index (κ2) is 55.2. The van der Waals surface area contributed by atoms with Crippen molar-refractivity contribution < 1.29 is 123 Å². The van der Waals surface area contributed by atoms with Crippen LogP contribution in [0.2, 0.25) is 0 Å². The van der Waals surface area contributed by atoms with Crippen LogP contribution in [-0.4, -0.2) is 0 Å². The van der Waals surface area contributed by atoms with Gasteiger partial charge in [-0.1, -0.05) is 0 Å². The van der Waals surface area contributed by atoms with Gasteiger partial charge in [0.25, 0.3) is 0 Å². The summed E-state index contributed by atoms with van der Waals surface area (Å²) in [6.07, 6.45) is 0. The molecule has 0 spiro atoms. The van der Waals surface area contributed by atoms with Crippen LogP contribution in [0.5, 0.6) is 0 Å². The minimum Gasteiger partial charge on any atom is -1.00 e. The Morgan fingerprint density at radius 3 is 0.286 bits per heavy atom.